The molecule has 1 aliphatic rings. The molecule has 0 aromatic rings. The van der Waals surface area contributed by atoms with Crippen LogP contribution in [-0.4, -0.2) is 6.54 Å². The van der Waals surface area contributed by atoms with Gasteiger partial charge in [0.2, 0.25) is 0 Å². The van der Waals surface area contributed by atoms with Crippen LogP contribution in [0.2, 0.25) is 0 Å². The Morgan fingerprint density at radius 2 is 2.44 bits per heavy atom. The lowest BCUT2D eigenvalue weighted by Gasteiger charge is -2.11. The molecule has 0 saturated carbocycles. The predicted molar refractivity (Wildman–Crippen MR) is 48.7 cm³/mol. The highest BCUT2D eigenvalue weighted by atomic mass is 127. The van der Waals surface area contributed by atoms with Gasteiger partial charge in [-0.05, 0) is 35.1 Å². The number of nitrogens with one attached hydrogen (secondary N) is 1. The van der Waals surface area contributed by atoms with Gasteiger partial charge in [-0.25, -0.2) is 0 Å². The van der Waals surface area contributed by atoms with Crippen molar-refractivity contribution in [3.8, 4) is 0 Å². The third kappa shape index (κ3) is 1.61. The average molecular weight is 255 g/mol. The van der Waals surface area contributed by atoms with E-state index >= 15 is 0 Å². The lowest BCUT2D eigenvalue weighted by molar-refractivity contribution is 0.930. The lowest BCUT2D eigenvalue weighted by atomic mass is 10.2. The Labute approximate surface area is 73.3 Å². The molecule has 3 heteroatoms. The molecule has 0 aromatic carbocycles. The molecule has 0 aliphatic carbocycles. The third-order valence-corrected chi connectivity index (χ3v) is 2.89. The van der Waals surface area contributed by atoms with E-state index in [4.69, 9.17) is 11.6 Å². The minimum absolute atomic E-state index is 0.780. The number of hydrogen-bond donors (Lipinski definition) is 1. The number of halogens is 2. The molecule has 0 radical (unpaired) electrons. The monoisotopic (exact) mass is 255 g/mol. The van der Waals surface area contributed by atoms with Crippen LogP contribution < -0.4 is 5.32 Å². The Morgan fingerprint density at radius 3 is 2.89 bits per heavy atom. The molecule has 0 aromatic heterocycles. The fourth-order valence-electron chi connectivity index (χ4n) is 0.621. The van der Waals surface area contributed by atoms with Gasteiger partial charge in [-0.1, -0.05) is 17.7 Å². The van der Waals surface area contributed by atoms with Gasteiger partial charge < -0.3 is 5.32 Å². The summed E-state index contributed by atoms with van der Waals surface area (Å²) in [5.41, 5.74) is 1.14. The zero-order valence-electron chi connectivity index (χ0n) is 5.04. The highest BCUT2D eigenvalue weighted by molar-refractivity contribution is 14.1. The maximum absolute atomic E-state index is 5.78. The van der Waals surface area contributed by atoms with Crippen molar-refractivity contribution in [2.24, 2.45) is 0 Å². The molecule has 1 aliphatic heterocycles. The van der Waals surface area contributed by atoms with Crippen molar-refractivity contribution < 1.29 is 0 Å². The number of dihydropyridines is 1. The summed E-state index contributed by atoms with van der Waals surface area (Å²) in [6, 6.07) is 0. The van der Waals surface area contributed by atoms with E-state index in [-0.39, 0.29) is 0 Å². The third-order valence-electron chi connectivity index (χ3n) is 1.23. The topological polar surface area (TPSA) is 12.0 Å². The summed E-state index contributed by atoms with van der Waals surface area (Å²) in [4.78, 5) is 0. The Kier molecular flexibility index (Phi) is 2.41. The largest absolute Gasteiger partial charge is 0.372 e. The molecule has 1 rings (SSSR count). The van der Waals surface area contributed by atoms with Crippen LogP contribution >= 0.6 is 34.2 Å². The smallest absolute Gasteiger partial charge is 0.106 e. The van der Waals surface area contributed by atoms with E-state index in [1.54, 1.807) is 0 Å². The predicted octanol–water partition coefficient (Wildman–Crippen LogP) is 2.38. The molecule has 0 fully saturated rings. The van der Waals surface area contributed by atoms with Crippen molar-refractivity contribution in [2.45, 2.75) is 6.92 Å². The molecule has 0 unspecified atom stereocenters. The van der Waals surface area contributed by atoms with Crippen LogP contribution in [0.4, 0.5) is 0 Å². The molecule has 0 bridgehead atoms. The molecule has 0 atom stereocenters. The number of rotatable bonds is 0. The fraction of sp³-hybridized carbons (Fsp3) is 0.333. The zero-order valence-corrected chi connectivity index (χ0v) is 7.95. The number of allylic oxidation sites excluding steroid dienone is 2. The summed E-state index contributed by atoms with van der Waals surface area (Å²) in [5.74, 6) is 0. The van der Waals surface area contributed by atoms with Crippen molar-refractivity contribution in [1.29, 1.82) is 0 Å². The Bertz CT molecular complexity index is 183. The molecular weight excluding hydrogens is 248 g/mol. The van der Waals surface area contributed by atoms with E-state index in [0.29, 0.717) is 0 Å². The quantitative estimate of drug-likeness (QED) is 0.518. The maximum Gasteiger partial charge on any atom is 0.106 e. The molecule has 0 spiro atoms. The normalized spacial score (nSPS) is 19.2. The van der Waals surface area contributed by atoms with Gasteiger partial charge in [0, 0.05) is 10.1 Å². The van der Waals surface area contributed by atoms with Gasteiger partial charge in [-0.2, -0.15) is 0 Å². The Hall–Kier alpha value is 0.300. The minimum Gasteiger partial charge on any atom is -0.372 e. The lowest BCUT2D eigenvalue weighted by Crippen LogP contribution is -2.14. The molecular formula is C6H7ClIN. The molecule has 9 heavy (non-hydrogen) atoms. The molecule has 1 nitrogen and oxygen atoms in total. The fourth-order valence-corrected chi connectivity index (χ4v) is 1.45. The van der Waals surface area contributed by atoms with Crippen molar-refractivity contribution in [3.63, 3.8) is 0 Å². The van der Waals surface area contributed by atoms with Gasteiger partial charge in [-0.15, -0.1) is 0 Å². The Balaban J connectivity index is 2.88. The van der Waals surface area contributed by atoms with Gasteiger partial charge >= 0.3 is 0 Å². The van der Waals surface area contributed by atoms with E-state index in [2.05, 4.69) is 34.0 Å². The summed E-state index contributed by atoms with van der Waals surface area (Å²) in [5, 5.41) is 3.81. The van der Waals surface area contributed by atoms with Crippen LogP contribution in [0.25, 0.3) is 0 Å². The van der Waals surface area contributed by atoms with Gasteiger partial charge in [-0.3, -0.25) is 0 Å². The second kappa shape index (κ2) is 2.92. The van der Waals surface area contributed by atoms with Gasteiger partial charge in [0.1, 0.15) is 5.16 Å². The summed E-state index contributed by atoms with van der Waals surface area (Å²) in [7, 11) is 0. The molecule has 1 N–H and O–H groups in total. The van der Waals surface area contributed by atoms with Crippen LogP contribution in [0.15, 0.2) is 20.4 Å². The van der Waals surface area contributed by atoms with E-state index in [9.17, 15) is 0 Å². The van der Waals surface area contributed by atoms with Crippen LogP contribution in [0.1, 0.15) is 6.92 Å². The Morgan fingerprint density at radius 1 is 1.78 bits per heavy atom. The maximum atomic E-state index is 5.78. The van der Waals surface area contributed by atoms with Crippen molar-refractivity contribution >= 4 is 34.2 Å². The van der Waals surface area contributed by atoms with E-state index in [1.807, 2.05) is 6.92 Å². The zero-order chi connectivity index (χ0) is 6.85. The summed E-state index contributed by atoms with van der Waals surface area (Å²) in [6.07, 6.45) is 2.11. The first kappa shape index (κ1) is 7.41. The minimum atomic E-state index is 0.780. The van der Waals surface area contributed by atoms with Crippen LogP contribution in [-0.2, 0) is 0 Å². The second-order valence-electron chi connectivity index (χ2n) is 1.87. The first-order chi connectivity index (χ1) is 4.22. The summed E-state index contributed by atoms with van der Waals surface area (Å²) >= 11 is 8.06. The summed E-state index contributed by atoms with van der Waals surface area (Å²) in [6.45, 7) is 2.86. The first-order valence-corrected chi connectivity index (χ1v) is 4.14. The van der Waals surface area contributed by atoms with Crippen molar-refractivity contribution in [2.75, 3.05) is 6.54 Å². The van der Waals surface area contributed by atoms with E-state index in [1.165, 1.54) is 3.58 Å². The number of hydrogen-bond acceptors (Lipinski definition) is 1. The van der Waals surface area contributed by atoms with Gasteiger partial charge in [0.25, 0.3) is 0 Å². The van der Waals surface area contributed by atoms with Crippen molar-refractivity contribution in [3.05, 3.63) is 20.4 Å². The second-order valence-corrected chi connectivity index (χ2v) is 3.41. The molecule has 0 saturated heterocycles. The standard InChI is InChI=1S/C6H7ClIN/c1-4-5(8)2-3-9-6(4)7/h2,9H,3H2,1H3. The molecule has 50 valence electrons. The average Bonchev–Trinajstić information content (AvgIpc) is 1.83. The van der Waals surface area contributed by atoms with Gasteiger partial charge in [0.05, 0.1) is 0 Å². The summed E-state index contributed by atoms with van der Waals surface area (Å²) < 4.78 is 1.25. The highest BCUT2D eigenvalue weighted by Gasteiger charge is 2.05. The van der Waals surface area contributed by atoms with Crippen LogP contribution in [0, 0.1) is 0 Å². The van der Waals surface area contributed by atoms with Gasteiger partial charge in [0.15, 0.2) is 0 Å². The SMILES string of the molecule is CC1=C(Cl)NCC=C1I. The first-order valence-electron chi connectivity index (χ1n) is 2.68. The van der Waals surface area contributed by atoms with E-state index in [0.717, 1.165) is 17.3 Å². The van der Waals surface area contributed by atoms with Crippen LogP contribution in [0.5, 0.6) is 0 Å². The van der Waals surface area contributed by atoms with Crippen LogP contribution in [0.3, 0.4) is 0 Å². The van der Waals surface area contributed by atoms with E-state index < -0.39 is 0 Å². The molecule has 1 heterocycles. The molecule has 0 amide bonds. The highest BCUT2D eigenvalue weighted by Crippen LogP contribution is 2.23. The van der Waals surface area contributed by atoms with Crippen molar-refractivity contribution in [1.82, 2.24) is 5.32 Å².